The lowest BCUT2D eigenvalue weighted by atomic mass is 10.1. The van der Waals surface area contributed by atoms with Gasteiger partial charge in [0.15, 0.2) is 5.69 Å². The van der Waals surface area contributed by atoms with Crippen LogP contribution in [0, 0.1) is 18.3 Å². The first-order chi connectivity index (χ1) is 10.1. The van der Waals surface area contributed by atoms with Gasteiger partial charge in [0.25, 0.3) is 0 Å². The maximum absolute atomic E-state index is 9.43. The van der Waals surface area contributed by atoms with Crippen LogP contribution in [-0.4, -0.2) is 21.7 Å². The van der Waals surface area contributed by atoms with Crippen LogP contribution in [-0.2, 0) is 11.3 Å². The highest BCUT2D eigenvalue weighted by atomic mass is 35.5. The molecule has 3 rings (SSSR count). The van der Waals surface area contributed by atoms with Gasteiger partial charge in [-0.05, 0) is 24.6 Å². The maximum Gasteiger partial charge on any atom is 0.214 e. The van der Waals surface area contributed by atoms with E-state index in [1.807, 2.05) is 25.1 Å². The molecule has 1 aromatic carbocycles. The number of methoxy groups -OCH3 is 1. The number of rotatable bonds is 3. The van der Waals surface area contributed by atoms with Crippen molar-refractivity contribution < 1.29 is 4.74 Å². The number of nitriles is 1. The van der Waals surface area contributed by atoms with Crippen molar-refractivity contribution >= 4 is 27.9 Å². The largest absolute Gasteiger partial charge is 0.377 e. The molecule has 0 amide bonds. The molecule has 21 heavy (non-hydrogen) atoms. The first kappa shape index (κ1) is 14.0. The molecule has 5 nitrogen and oxygen atoms in total. The number of hydrogen-bond donors (Lipinski definition) is 0. The number of ether oxygens (including phenoxy) is 1. The maximum atomic E-state index is 9.43. The van der Waals surface area contributed by atoms with Crippen LogP contribution in [0.3, 0.4) is 0 Å². The molecule has 0 aliphatic rings. The third-order valence-corrected chi connectivity index (χ3v) is 4.36. The average molecular weight is 319 g/mol. The highest BCUT2D eigenvalue weighted by Gasteiger charge is 2.18. The van der Waals surface area contributed by atoms with E-state index in [1.54, 1.807) is 11.6 Å². The standard InChI is InChI=1S/C14H11ClN4OS/c1-8-5-9(3-4-10(8)15)13-11(6-16)19-14(17-13)21-12(18-19)7-20-2/h3-5H,7H2,1-2H3. The van der Waals surface area contributed by atoms with Gasteiger partial charge in [-0.25, -0.2) is 4.98 Å². The average Bonchev–Trinajstić information content (AvgIpc) is 2.99. The fraction of sp³-hybridized carbons (Fsp3) is 0.214. The molecule has 0 aliphatic heterocycles. The summed E-state index contributed by atoms with van der Waals surface area (Å²) in [7, 11) is 1.61. The zero-order chi connectivity index (χ0) is 15.0. The molecule has 0 N–H and O–H groups in total. The van der Waals surface area contributed by atoms with Gasteiger partial charge in [0.1, 0.15) is 16.8 Å². The highest BCUT2D eigenvalue weighted by molar-refractivity contribution is 7.16. The minimum absolute atomic E-state index is 0.411. The number of hydrogen-bond acceptors (Lipinski definition) is 5. The second-order valence-corrected chi connectivity index (χ2v) is 5.96. The molecule has 106 valence electrons. The van der Waals surface area contributed by atoms with Crippen molar-refractivity contribution in [2.24, 2.45) is 0 Å². The van der Waals surface area contributed by atoms with E-state index in [-0.39, 0.29) is 0 Å². The fourth-order valence-electron chi connectivity index (χ4n) is 2.06. The van der Waals surface area contributed by atoms with E-state index in [4.69, 9.17) is 16.3 Å². The lowest BCUT2D eigenvalue weighted by Gasteiger charge is -2.01. The molecule has 3 aromatic rings. The summed E-state index contributed by atoms with van der Waals surface area (Å²) < 4.78 is 6.62. The second-order valence-electron chi connectivity index (χ2n) is 4.51. The van der Waals surface area contributed by atoms with Crippen LogP contribution in [0.15, 0.2) is 18.2 Å². The van der Waals surface area contributed by atoms with Crippen LogP contribution in [0.25, 0.3) is 16.2 Å². The van der Waals surface area contributed by atoms with E-state index in [9.17, 15) is 5.26 Å². The summed E-state index contributed by atoms with van der Waals surface area (Å²) in [5.74, 6) is 0. The Balaban J connectivity index is 2.16. The van der Waals surface area contributed by atoms with Gasteiger partial charge >= 0.3 is 0 Å². The third kappa shape index (κ3) is 2.40. The van der Waals surface area contributed by atoms with E-state index in [1.165, 1.54) is 11.3 Å². The molecule has 0 saturated carbocycles. The monoisotopic (exact) mass is 318 g/mol. The van der Waals surface area contributed by atoms with Crippen LogP contribution in [0.2, 0.25) is 5.02 Å². The van der Waals surface area contributed by atoms with Crippen molar-refractivity contribution in [2.45, 2.75) is 13.5 Å². The molecular formula is C14H11ClN4OS. The van der Waals surface area contributed by atoms with Crippen molar-refractivity contribution in [3.8, 4) is 17.3 Å². The summed E-state index contributed by atoms with van der Waals surface area (Å²) in [6.07, 6.45) is 0. The van der Waals surface area contributed by atoms with Crippen molar-refractivity contribution in [1.29, 1.82) is 5.26 Å². The molecule has 0 unspecified atom stereocenters. The summed E-state index contributed by atoms with van der Waals surface area (Å²) in [6.45, 7) is 2.33. The van der Waals surface area contributed by atoms with E-state index >= 15 is 0 Å². The molecular weight excluding hydrogens is 308 g/mol. The summed E-state index contributed by atoms with van der Waals surface area (Å²) in [4.78, 5) is 5.21. The Morgan fingerprint density at radius 3 is 2.95 bits per heavy atom. The molecule has 0 bridgehead atoms. The minimum Gasteiger partial charge on any atom is -0.377 e. The van der Waals surface area contributed by atoms with Gasteiger partial charge in [0.2, 0.25) is 4.96 Å². The van der Waals surface area contributed by atoms with Gasteiger partial charge in [0.05, 0.1) is 6.61 Å². The number of halogens is 1. The van der Waals surface area contributed by atoms with Gasteiger partial charge < -0.3 is 4.74 Å². The van der Waals surface area contributed by atoms with Gasteiger partial charge in [-0.1, -0.05) is 29.0 Å². The normalized spacial score (nSPS) is 11.0. The van der Waals surface area contributed by atoms with E-state index < -0.39 is 0 Å². The SMILES string of the molecule is COCc1nn2c(C#N)c(-c3ccc(Cl)c(C)c3)nc2s1. The number of benzene rings is 1. The van der Waals surface area contributed by atoms with Crippen molar-refractivity contribution in [3.63, 3.8) is 0 Å². The second kappa shape index (κ2) is 5.45. The van der Waals surface area contributed by atoms with Crippen molar-refractivity contribution in [1.82, 2.24) is 14.6 Å². The number of aromatic nitrogens is 3. The van der Waals surface area contributed by atoms with Crippen LogP contribution in [0.1, 0.15) is 16.3 Å². The van der Waals surface area contributed by atoms with E-state index in [0.29, 0.717) is 28.0 Å². The predicted octanol–water partition coefficient (Wildman–Crippen LogP) is 3.44. The summed E-state index contributed by atoms with van der Waals surface area (Å²) in [5, 5.41) is 15.3. The number of nitrogens with zero attached hydrogens (tertiary/aromatic N) is 4. The summed E-state index contributed by atoms with van der Waals surface area (Å²) >= 11 is 7.45. The van der Waals surface area contributed by atoms with Crippen molar-refractivity contribution in [3.05, 3.63) is 39.5 Å². The molecule has 0 radical (unpaired) electrons. The zero-order valence-corrected chi connectivity index (χ0v) is 13.0. The van der Waals surface area contributed by atoms with Crippen molar-refractivity contribution in [2.75, 3.05) is 7.11 Å². The topological polar surface area (TPSA) is 63.2 Å². The fourth-order valence-corrected chi connectivity index (χ4v) is 3.05. The lowest BCUT2D eigenvalue weighted by molar-refractivity contribution is 0.183. The van der Waals surface area contributed by atoms with Crippen LogP contribution in [0.4, 0.5) is 0 Å². The number of fused-ring (bicyclic) bond motifs is 1. The van der Waals surface area contributed by atoms with Crippen LogP contribution < -0.4 is 0 Å². The van der Waals surface area contributed by atoms with Gasteiger partial charge in [-0.2, -0.15) is 14.9 Å². The zero-order valence-electron chi connectivity index (χ0n) is 11.4. The Morgan fingerprint density at radius 1 is 1.48 bits per heavy atom. The number of aryl methyl sites for hydroxylation is 1. The quantitative estimate of drug-likeness (QED) is 0.742. The first-order valence-electron chi connectivity index (χ1n) is 6.18. The molecule has 0 atom stereocenters. The number of imidazole rings is 1. The summed E-state index contributed by atoms with van der Waals surface area (Å²) in [5.41, 5.74) is 2.85. The molecule has 0 saturated heterocycles. The van der Waals surface area contributed by atoms with E-state index in [2.05, 4.69) is 16.2 Å². The van der Waals surface area contributed by atoms with Crippen LogP contribution >= 0.6 is 22.9 Å². The van der Waals surface area contributed by atoms with Crippen LogP contribution in [0.5, 0.6) is 0 Å². The molecule has 0 fully saturated rings. The van der Waals surface area contributed by atoms with E-state index in [0.717, 1.165) is 16.1 Å². The Kier molecular flexibility index (Phi) is 3.64. The lowest BCUT2D eigenvalue weighted by Crippen LogP contribution is -1.93. The Bertz CT molecular complexity index is 862. The Labute approximate surface area is 130 Å². The van der Waals surface area contributed by atoms with Gasteiger partial charge in [-0.15, -0.1) is 0 Å². The molecule has 0 aliphatic carbocycles. The Morgan fingerprint density at radius 2 is 2.29 bits per heavy atom. The highest BCUT2D eigenvalue weighted by Crippen LogP contribution is 2.29. The molecule has 0 spiro atoms. The summed E-state index contributed by atoms with van der Waals surface area (Å²) in [6, 6.07) is 7.77. The molecule has 7 heteroatoms. The smallest absolute Gasteiger partial charge is 0.214 e. The Hall–Kier alpha value is -1.94. The van der Waals surface area contributed by atoms with Gasteiger partial charge in [0, 0.05) is 17.7 Å². The minimum atomic E-state index is 0.411. The third-order valence-electron chi connectivity index (χ3n) is 3.05. The predicted molar refractivity (Wildman–Crippen MR) is 81.5 cm³/mol. The van der Waals surface area contributed by atoms with Gasteiger partial charge in [-0.3, -0.25) is 0 Å². The molecule has 2 aromatic heterocycles. The first-order valence-corrected chi connectivity index (χ1v) is 7.37. The molecule has 2 heterocycles.